The van der Waals surface area contributed by atoms with Gasteiger partial charge in [0.25, 0.3) is 0 Å². The molecule has 2 heteroatoms. The highest BCUT2D eigenvalue weighted by Crippen LogP contribution is 2.34. The monoisotopic (exact) mass is 362 g/mol. The second kappa shape index (κ2) is 6.28. The molecule has 0 saturated carbocycles. The van der Waals surface area contributed by atoms with Gasteiger partial charge in [-0.05, 0) is 37.3 Å². The summed E-state index contributed by atoms with van der Waals surface area (Å²) in [6.45, 7) is 6.33. The van der Waals surface area contributed by atoms with E-state index in [-0.39, 0.29) is 0 Å². The van der Waals surface area contributed by atoms with Gasteiger partial charge >= 0.3 is 0 Å². The van der Waals surface area contributed by atoms with Crippen LogP contribution >= 0.6 is 0 Å². The lowest BCUT2D eigenvalue weighted by Gasteiger charge is -2.09. The fraction of sp³-hybridized carbons (Fsp3) is 0.0769. The zero-order chi connectivity index (χ0) is 19.3. The van der Waals surface area contributed by atoms with Crippen molar-refractivity contribution in [3.8, 4) is 0 Å². The van der Waals surface area contributed by atoms with E-state index in [1.54, 1.807) is 0 Å². The molecular weight excluding hydrogens is 340 g/mol. The Labute approximate surface area is 164 Å². The fourth-order valence-electron chi connectivity index (χ4n) is 4.30. The van der Waals surface area contributed by atoms with E-state index in [0.717, 1.165) is 5.70 Å². The minimum absolute atomic E-state index is 1.08. The van der Waals surface area contributed by atoms with Crippen molar-refractivity contribution in [2.75, 3.05) is 0 Å². The van der Waals surface area contributed by atoms with Crippen molar-refractivity contribution < 1.29 is 0 Å². The summed E-state index contributed by atoms with van der Waals surface area (Å²) in [5, 5.41) is 3.80. The molecule has 0 unspecified atom stereocenters. The summed E-state index contributed by atoms with van der Waals surface area (Å²) < 4.78 is 4.58. The van der Waals surface area contributed by atoms with Crippen LogP contribution in [0.5, 0.6) is 0 Å². The molecule has 0 N–H and O–H groups in total. The Morgan fingerprint density at radius 3 is 1.82 bits per heavy atom. The van der Waals surface area contributed by atoms with Gasteiger partial charge in [0, 0.05) is 45.7 Å². The van der Waals surface area contributed by atoms with Crippen LogP contribution in [-0.4, -0.2) is 9.13 Å². The molecule has 2 aromatic heterocycles. The number of rotatable bonds is 3. The molecule has 3 aromatic carbocycles. The average molecular weight is 362 g/mol. The quantitative estimate of drug-likeness (QED) is 0.313. The number of allylic oxidation sites excluding steroid dienone is 2. The van der Waals surface area contributed by atoms with Gasteiger partial charge in [-0.3, -0.25) is 0 Å². The van der Waals surface area contributed by atoms with Gasteiger partial charge in [0.1, 0.15) is 0 Å². The van der Waals surface area contributed by atoms with Gasteiger partial charge in [-0.1, -0.05) is 61.2 Å². The number of hydrogen-bond acceptors (Lipinski definition) is 0. The number of nitrogens with zero attached hydrogens (tertiary/aromatic N) is 2. The predicted molar refractivity (Wildman–Crippen MR) is 121 cm³/mol. The van der Waals surface area contributed by atoms with Crippen molar-refractivity contribution in [2.45, 2.75) is 6.92 Å². The van der Waals surface area contributed by atoms with E-state index in [1.165, 1.54) is 44.0 Å². The molecule has 0 bridgehead atoms. The lowest BCUT2D eigenvalue weighted by Crippen LogP contribution is -1.95. The number of para-hydroxylation sites is 3. The fourth-order valence-corrected chi connectivity index (χ4v) is 4.30. The van der Waals surface area contributed by atoms with Crippen molar-refractivity contribution >= 4 is 44.5 Å². The Morgan fingerprint density at radius 2 is 1.25 bits per heavy atom. The molecule has 5 rings (SSSR count). The largest absolute Gasteiger partial charge is 0.347 e. The Morgan fingerprint density at radius 1 is 0.750 bits per heavy atom. The van der Waals surface area contributed by atoms with E-state index < -0.39 is 0 Å². The summed E-state index contributed by atoms with van der Waals surface area (Å²) >= 11 is 0. The predicted octanol–water partition coefficient (Wildman–Crippen LogP) is 6.78. The second-order valence-electron chi connectivity index (χ2n) is 7.22. The molecule has 2 heterocycles. The zero-order valence-electron chi connectivity index (χ0n) is 16.2. The highest BCUT2D eigenvalue weighted by Gasteiger charge is 2.14. The molecule has 0 amide bonds. The Balaban J connectivity index is 1.86. The van der Waals surface area contributed by atoms with Gasteiger partial charge < -0.3 is 9.13 Å². The van der Waals surface area contributed by atoms with Crippen molar-refractivity contribution in [1.29, 1.82) is 0 Å². The maximum absolute atomic E-state index is 4.15. The lowest BCUT2D eigenvalue weighted by molar-refractivity contribution is 0.916. The zero-order valence-corrected chi connectivity index (χ0v) is 16.2. The number of benzene rings is 3. The van der Waals surface area contributed by atoms with E-state index >= 15 is 0 Å². The first-order valence-corrected chi connectivity index (χ1v) is 9.57. The number of hydrogen-bond donors (Lipinski definition) is 0. The average Bonchev–Trinajstić information content (AvgIpc) is 3.20. The van der Waals surface area contributed by atoms with E-state index in [9.17, 15) is 0 Å². The summed E-state index contributed by atoms with van der Waals surface area (Å²) in [4.78, 5) is 0. The van der Waals surface area contributed by atoms with Gasteiger partial charge in [-0.15, -0.1) is 0 Å². The third-order valence-corrected chi connectivity index (χ3v) is 5.79. The number of aryl methyl sites for hydroxylation is 1. The van der Waals surface area contributed by atoms with Crippen LogP contribution in [0.2, 0.25) is 0 Å². The first kappa shape index (κ1) is 16.6. The molecule has 0 saturated heterocycles. The second-order valence-corrected chi connectivity index (χ2v) is 7.22. The molecule has 0 spiro atoms. The standard InChI is InChI=1S/C26H22N2/c1-4-19(17-23-18(2)27(3)24-14-8-5-13-22(23)24)28-25-15-9-6-11-20(25)21-12-7-10-16-26(21)28/h4-17H,1H2,2-3H3/b19-17+. The van der Waals surface area contributed by atoms with E-state index in [1.807, 2.05) is 6.08 Å². The molecule has 28 heavy (non-hydrogen) atoms. The Kier molecular flexibility index (Phi) is 3.73. The van der Waals surface area contributed by atoms with E-state index in [4.69, 9.17) is 0 Å². The van der Waals surface area contributed by atoms with Gasteiger partial charge in [0.05, 0.1) is 11.0 Å². The van der Waals surface area contributed by atoms with Crippen LogP contribution in [0.4, 0.5) is 0 Å². The minimum Gasteiger partial charge on any atom is -0.347 e. The molecule has 136 valence electrons. The van der Waals surface area contributed by atoms with Crippen LogP contribution in [0.1, 0.15) is 11.3 Å². The van der Waals surface area contributed by atoms with Crippen LogP contribution < -0.4 is 0 Å². The van der Waals surface area contributed by atoms with Gasteiger partial charge in [0.2, 0.25) is 0 Å². The maximum Gasteiger partial charge on any atom is 0.0541 e. The lowest BCUT2D eigenvalue weighted by atomic mass is 10.1. The third-order valence-electron chi connectivity index (χ3n) is 5.79. The van der Waals surface area contributed by atoms with Crippen LogP contribution in [0.3, 0.4) is 0 Å². The molecule has 0 atom stereocenters. The van der Waals surface area contributed by atoms with Gasteiger partial charge in [-0.2, -0.15) is 0 Å². The summed E-state index contributed by atoms with van der Waals surface area (Å²) in [7, 11) is 2.13. The van der Waals surface area contributed by atoms with Crippen LogP contribution in [0, 0.1) is 6.92 Å². The molecule has 0 aliphatic carbocycles. The van der Waals surface area contributed by atoms with Crippen molar-refractivity contribution in [2.24, 2.45) is 7.05 Å². The number of fused-ring (bicyclic) bond motifs is 4. The summed E-state index contributed by atoms with van der Waals surface area (Å²) in [6.07, 6.45) is 4.23. The van der Waals surface area contributed by atoms with Crippen LogP contribution in [0.25, 0.3) is 44.5 Å². The minimum atomic E-state index is 1.08. The summed E-state index contributed by atoms with van der Waals surface area (Å²) in [5.74, 6) is 0. The van der Waals surface area contributed by atoms with Crippen LogP contribution in [0.15, 0.2) is 85.5 Å². The molecular formula is C26H22N2. The maximum atomic E-state index is 4.15. The SMILES string of the molecule is C=C/C(=C\c1c(C)n(C)c2ccccc12)n1c2ccccc2c2ccccc21. The Hall–Kier alpha value is -3.52. The normalized spacial score (nSPS) is 12.3. The van der Waals surface area contributed by atoms with Gasteiger partial charge in [-0.25, -0.2) is 0 Å². The first-order chi connectivity index (χ1) is 13.7. The van der Waals surface area contributed by atoms with Crippen molar-refractivity contribution in [3.05, 3.63) is 96.7 Å². The molecule has 0 radical (unpaired) electrons. The van der Waals surface area contributed by atoms with Gasteiger partial charge in [0.15, 0.2) is 0 Å². The smallest absolute Gasteiger partial charge is 0.0541 e. The number of aromatic nitrogens is 2. The summed E-state index contributed by atoms with van der Waals surface area (Å²) in [6, 6.07) is 25.7. The summed E-state index contributed by atoms with van der Waals surface area (Å²) in [5.41, 5.74) is 7.23. The van der Waals surface area contributed by atoms with Crippen LogP contribution in [-0.2, 0) is 7.05 Å². The Bertz CT molecular complexity index is 1340. The van der Waals surface area contributed by atoms with E-state index in [0.29, 0.717) is 0 Å². The molecule has 0 fully saturated rings. The molecule has 5 aromatic rings. The molecule has 0 aliphatic rings. The van der Waals surface area contributed by atoms with Crippen molar-refractivity contribution in [3.63, 3.8) is 0 Å². The first-order valence-electron chi connectivity index (χ1n) is 9.57. The highest BCUT2D eigenvalue weighted by atomic mass is 15.0. The highest BCUT2D eigenvalue weighted by molar-refractivity contribution is 6.11. The van der Waals surface area contributed by atoms with E-state index in [2.05, 4.69) is 109 Å². The van der Waals surface area contributed by atoms with Crippen molar-refractivity contribution in [1.82, 2.24) is 9.13 Å². The topological polar surface area (TPSA) is 9.86 Å². The molecule has 0 aliphatic heterocycles. The third kappa shape index (κ3) is 2.28. The molecule has 2 nitrogen and oxygen atoms in total.